The second-order valence-corrected chi connectivity index (χ2v) is 7.57. The Morgan fingerprint density at radius 3 is 2.88 bits per heavy atom. The molecule has 1 aromatic rings. The Kier molecular flexibility index (Phi) is 5.40. The molecule has 0 radical (unpaired) electrons. The van der Waals surface area contributed by atoms with Gasteiger partial charge < -0.3 is 15.3 Å². The molecular formula is C17H25N3O3S. The molecule has 132 valence electrons. The third-order valence-corrected chi connectivity index (χ3v) is 6.06. The first-order valence-corrected chi connectivity index (χ1v) is 9.52. The number of nitrogens with zero attached hydrogens (tertiary/aromatic N) is 2. The minimum absolute atomic E-state index is 0.0237. The number of nitrogens with one attached hydrogen (secondary N) is 1. The molecular weight excluding hydrogens is 326 g/mol. The Hall–Kier alpha value is -1.60. The summed E-state index contributed by atoms with van der Waals surface area (Å²) in [6.45, 7) is 3.59. The van der Waals surface area contributed by atoms with Crippen LogP contribution >= 0.6 is 11.3 Å². The van der Waals surface area contributed by atoms with Crippen LogP contribution in [0.4, 0.5) is 4.79 Å². The van der Waals surface area contributed by atoms with Crippen LogP contribution in [0.2, 0.25) is 0 Å². The second-order valence-electron chi connectivity index (χ2n) is 6.60. The van der Waals surface area contributed by atoms with E-state index in [1.54, 1.807) is 11.3 Å². The van der Waals surface area contributed by atoms with E-state index in [0.717, 1.165) is 38.8 Å². The zero-order valence-corrected chi connectivity index (χ0v) is 14.8. The van der Waals surface area contributed by atoms with E-state index in [4.69, 9.17) is 5.11 Å². The van der Waals surface area contributed by atoms with E-state index in [9.17, 15) is 9.59 Å². The zero-order chi connectivity index (χ0) is 17.1. The van der Waals surface area contributed by atoms with Gasteiger partial charge in [0.05, 0.1) is 12.6 Å². The van der Waals surface area contributed by atoms with Crippen molar-refractivity contribution in [1.82, 2.24) is 15.1 Å². The molecule has 2 fully saturated rings. The minimum atomic E-state index is -0.791. The summed E-state index contributed by atoms with van der Waals surface area (Å²) >= 11 is 1.71. The predicted molar refractivity (Wildman–Crippen MR) is 93.2 cm³/mol. The average Bonchev–Trinajstić information content (AvgIpc) is 3.17. The number of carbonyl (C=O) groups excluding carboxylic acids is 1. The van der Waals surface area contributed by atoms with Crippen molar-refractivity contribution in [3.05, 3.63) is 22.4 Å². The topological polar surface area (TPSA) is 72.9 Å². The monoisotopic (exact) mass is 351 g/mol. The first kappa shape index (κ1) is 17.2. The van der Waals surface area contributed by atoms with Crippen molar-refractivity contribution >= 4 is 23.3 Å². The summed E-state index contributed by atoms with van der Waals surface area (Å²) in [6.07, 6.45) is 3.75. The predicted octanol–water partition coefficient (Wildman–Crippen LogP) is 2.53. The number of carbonyl (C=O) groups is 2. The molecule has 2 amide bonds. The Balaban J connectivity index is 1.49. The fourth-order valence-electron chi connectivity index (χ4n) is 3.72. The molecule has 1 aromatic heterocycles. The molecule has 1 unspecified atom stereocenters. The lowest BCUT2D eigenvalue weighted by Crippen LogP contribution is -2.56. The van der Waals surface area contributed by atoms with Crippen molar-refractivity contribution < 1.29 is 14.7 Å². The van der Waals surface area contributed by atoms with Gasteiger partial charge in [-0.1, -0.05) is 13.0 Å². The summed E-state index contributed by atoms with van der Waals surface area (Å²) in [4.78, 5) is 28.6. The van der Waals surface area contributed by atoms with Gasteiger partial charge in [-0.25, -0.2) is 4.79 Å². The number of carboxylic acid groups (broad SMARTS) is 1. The van der Waals surface area contributed by atoms with Crippen molar-refractivity contribution in [1.29, 1.82) is 0 Å². The fraction of sp³-hybridized carbons (Fsp3) is 0.647. The van der Waals surface area contributed by atoms with Gasteiger partial charge in [0.15, 0.2) is 0 Å². The molecule has 1 aliphatic heterocycles. The average molecular weight is 351 g/mol. The number of hydrogen-bond acceptors (Lipinski definition) is 4. The van der Waals surface area contributed by atoms with Crippen LogP contribution < -0.4 is 5.32 Å². The van der Waals surface area contributed by atoms with Crippen LogP contribution in [-0.2, 0) is 4.79 Å². The number of likely N-dealkylation sites (tertiary alicyclic amines) is 1. The van der Waals surface area contributed by atoms with E-state index >= 15 is 0 Å². The van der Waals surface area contributed by atoms with Gasteiger partial charge in [0.2, 0.25) is 0 Å². The van der Waals surface area contributed by atoms with Crippen molar-refractivity contribution in [2.24, 2.45) is 0 Å². The Morgan fingerprint density at radius 2 is 2.25 bits per heavy atom. The van der Waals surface area contributed by atoms with Crippen LogP contribution in [0.5, 0.6) is 0 Å². The van der Waals surface area contributed by atoms with Gasteiger partial charge in [0.25, 0.3) is 0 Å². The summed E-state index contributed by atoms with van der Waals surface area (Å²) in [5.41, 5.74) is 0. The van der Waals surface area contributed by atoms with Crippen LogP contribution in [0.1, 0.15) is 43.5 Å². The van der Waals surface area contributed by atoms with Crippen molar-refractivity contribution in [3.8, 4) is 0 Å². The Labute approximate surface area is 146 Å². The van der Waals surface area contributed by atoms with E-state index in [1.165, 1.54) is 4.88 Å². The number of amides is 2. The van der Waals surface area contributed by atoms with Gasteiger partial charge in [-0.05, 0) is 43.7 Å². The molecule has 0 aromatic carbocycles. The highest BCUT2D eigenvalue weighted by Gasteiger charge is 2.37. The van der Waals surface area contributed by atoms with Crippen LogP contribution in [0.15, 0.2) is 17.5 Å². The SMILES string of the molecule is CCN(CC(=O)O)C1CC(NC(=O)N2CCCC2c2cccs2)C1. The summed E-state index contributed by atoms with van der Waals surface area (Å²) in [7, 11) is 0. The molecule has 6 nitrogen and oxygen atoms in total. The van der Waals surface area contributed by atoms with E-state index in [-0.39, 0.29) is 30.7 Å². The second kappa shape index (κ2) is 7.53. The number of carboxylic acids is 1. The third-order valence-electron chi connectivity index (χ3n) is 5.09. The quantitative estimate of drug-likeness (QED) is 0.826. The maximum atomic E-state index is 12.6. The molecule has 2 aliphatic rings. The molecule has 7 heteroatoms. The highest BCUT2D eigenvalue weighted by atomic mass is 32.1. The molecule has 3 rings (SSSR count). The molecule has 1 saturated carbocycles. The number of hydrogen-bond donors (Lipinski definition) is 2. The third kappa shape index (κ3) is 3.72. The molecule has 1 atom stereocenters. The number of urea groups is 1. The van der Waals surface area contributed by atoms with Crippen molar-refractivity contribution in [2.75, 3.05) is 19.6 Å². The van der Waals surface area contributed by atoms with E-state index in [1.807, 2.05) is 22.8 Å². The molecule has 0 bridgehead atoms. The van der Waals surface area contributed by atoms with Crippen LogP contribution in [-0.4, -0.2) is 58.6 Å². The summed E-state index contributed by atoms with van der Waals surface area (Å²) in [6, 6.07) is 4.80. The molecule has 24 heavy (non-hydrogen) atoms. The first-order chi connectivity index (χ1) is 11.6. The Bertz CT molecular complexity index is 572. The van der Waals surface area contributed by atoms with Crippen LogP contribution in [0.3, 0.4) is 0 Å². The zero-order valence-electron chi connectivity index (χ0n) is 14.0. The lowest BCUT2D eigenvalue weighted by molar-refractivity contribution is -0.139. The molecule has 2 heterocycles. The largest absolute Gasteiger partial charge is 0.480 e. The van der Waals surface area contributed by atoms with Gasteiger partial charge in [-0.2, -0.15) is 0 Å². The van der Waals surface area contributed by atoms with Crippen molar-refractivity contribution in [3.63, 3.8) is 0 Å². The normalized spacial score (nSPS) is 26.4. The van der Waals surface area contributed by atoms with Gasteiger partial charge in [0.1, 0.15) is 0 Å². The highest BCUT2D eigenvalue weighted by molar-refractivity contribution is 7.10. The number of thiophene rings is 1. The van der Waals surface area contributed by atoms with Crippen molar-refractivity contribution in [2.45, 2.75) is 50.7 Å². The van der Waals surface area contributed by atoms with E-state index in [0.29, 0.717) is 0 Å². The summed E-state index contributed by atoms with van der Waals surface area (Å²) in [5.74, 6) is -0.791. The number of aliphatic carboxylic acids is 1. The lowest BCUT2D eigenvalue weighted by atomic mass is 9.85. The fourth-order valence-corrected chi connectivity index (χ4v) is 4.59. The van der Waals surface area contributed by atoms with E-state index in [2.05, 4.69) is 16.8 Å². The van der Waals surface area contributed by atoms with Gasteiger partial charge in [0, 0.05) is 23.5 Å². The summed E-state index contributed by atoms with van der Waals surface area (Å²) in [5, 5.41) is 14.1. The lowest BCUT2D eigenvalue weighted by Gasteiger charge is -2.42. The first-order valence-electron chi connectivity index (χ1n) is 8.64. The number of likely N-dealkylation sites (N-methyl/N-ethyl adjacent to an activating group) is 1. The van der Waals surface area contributed by atoms with Gasteiger partial charge >= 0.3 is 12.0 Å². The van der Waals surface area contributed by atoms with Gasteiger partial charge in [-0.3, -0.25) is 9.69 Å². The molecule has 1 aliphatic carbocycles. The smallest absolute Gasteiger partial charge is 0.318 e. The molecule has 0 spiro atoms. The molecule has 1 saturated heterocycles. The maximum absolute atomic E-state index is 12.6. The summed E-state index contributed by atoms with van der Waals surface area (Å²) < 4.78 is 0. The number of rotatable bonds is 6. The Morgan fingerprint density at radius 1 is 1.46 bits per heavy atom. The van der Waals surface area contributed by atoms with Gasteiger partial charge in [-0.15, -0.1) is 11.3 Å². The van der Waals surface area contributed by atoms with E-state index < -0.39 is 5.97 Å². The highest BCUT2D eigenvalue weighted by Crippen LogP contribution is 2.35. The minimum Gasteiger partial charge on any atom is -0.480 e. The van der Waals surface area contributed by atoms with Crippen LogP contribution in [0.25, 0.3) is 0 Å². The standard InChI is InChI=1S/C17H25N3O3S/c1-2-19(11-16(21)22)13-9-12(10-13)18-17(23)20-7-3-5-14(20)15-6-4-8-24-15/h4,6,8,12-14H,2-3,5,7,9-11H2,1H3,(H,18,23)(H,21,22). The maximum Gasteiger partial charge on any atom is 0.318 e. The van der Waals surface area contributed by atoms with Crippen LogP contribution in [0, 0.1) is 0 Å². The molecule has 2 N–H and O–H groups in total.